The number of unbranched alkanes of at least 4 members (excludes halogenated alkanes) is 1. The van der Waals surface area contributed by atoms with Gasteiger partial charge >= 0.3 is 0 Å². The van der Waals surface area contributed by atoms with Crippen LogP contribution in [0.1, 0.15) is 37.3 Å². The van der Waals surface area contributed by atoms with Crippen LogP contribution in [0.4, 0.5) is 0 Å². The molecule has 3 N–H and O–H groups in total. The van der Waals surface area contributed by atoms with Crippen molar-refractivity contribution in [1.29, 1.82) is 0 Å². The average Bonchev–Trinajstić information content (AvgIpc) is 2.46. The van der Waals surface area contributed by atoms with E-state index in [2.05, 4.69) is 11.6 Å². The Kier molecular flexibility index (Phi) is 7.88. The number of hydrogen-bond donors (Lipinski definition) is 2. The zero-order valence-corrected chi connectivity index (χ0v) is 13.7. The maximum absolute atomic E-state index is 12.1. The minimum Gasteiger partial charge on any atom is -0.381 e. The number of sulfonamides is 1. The van der Waals surface area contributed by atoms with Crippen LogP contribution < -0.4 is 10.5 Å². The largest absolute Gasteiger partial charge is 0.381 e. The third-order valence-corrected chi connectivity index (χ3v) is 4.70. The van der Waals surface area contributed by atoms with E-state index in [1.54, 1.807) is 18.2 Å². The van der Waals surface area contributed by atoms with Gasteiger partial charge in [-0.3, -0.25) is 0 Å². The van der Waals surface area contributed by atoms with Crippen molar-refractivity contribution in [1.82, 2.24) is 4.72 Å². The second-order valence-corrected chi connectivity index (χ2v) is 6.78. The second-order valence-electron chi connectivity index (χ2n) is 5.01. The lowest BCUT2D eigenvalue weighted by molar-refractivity contribution is 0.130. The summed E-state index contributed by atoms with van der Waals surface area (Å²) in [6, 6.07) is 5.01. The van der Waals surface area contributed by atoms with Crippen molar-refractivity contribution in [2.45, 2.75) is 44.6 Å². The van der Waals surface area contributed by atoms with Gasteiger partial charge in [-0.15, -0.1) is 0 Å². The van der Waals surface area contributed by atoms with Crippen molar-refractivity contribution in [2.24, 2.45) is 5.73 Å². The van der Waals surface area contributed by atoms with Crippen LogP contribution in [0.2, 0.25) is 0 Å². The first-order chi connectivity index (χ1) is 10.0. The molecule has 0 unspecified atom stereocenters. The minimum atomic E-state index is -3.45. The first-order valence-corrected chi connectivity index (χ1v) is 8.86. The summed E-state index contributed by atoms with van der Waals surface area (Å²) in [5, 5.41) is 0. The van der Waals surface area contributed by atoms with Crippen molar-refractivity contribution in [3.63, 3.8) is 0 Å². The van der Waals surface area contributed by atoms with Gasteiger partial charge in [-0.2, -0.15) is 0 Å². The third-order valence-electron chi connectivity index (χ3n) is 3.24. The van der Waals surface area contributed by atoms with Gasteiger partial charge in [0.15, 0.2) is 0 Å². The molecule has 6 heteroatoms. The molecule has 1 aromatic carbocycles. The van der Waals surface area contributed by atoms with Crippen molar-refractivity contribution >= 4 is 10.0 Å². The fourth-order valence-electron chi connectivity index (χ4n) is 1.88. The molecule has 0 aromatic heterocycles. The molecule has 0 heterocycles. The van der Waals surface area contributed by atoms with Gasteiger partial charge in [-0.05, 0) is 43.0 Å². The van der Waals surface area contributed by atoms with Gasteiger partial charge in [0.05, 0.1) is 4.90 Å². The average molecular weight is 314 g/mol. The maximum atomic E-state index is 12.1. The zero-order chi connectivity index (χ0) is 15.7. The Morgan fingerprint density at radius 2 is 1.95 bits per heavy atom. The Labute approximate surface area is 127 Å². The Bertz CT molecular complexity index is 530. The van der Waals surface area contributed by atoms with E-state index in [1.165, 1.54) is 0 Å². The molecule has 0 aliphatic carbocycles. The molecule has 0 bridgehead atoms. The third kappa shape index (κ3) is 6.13. The first kappa shape index (κ1) is 18.1. The summed E-state index contributed by atoms with van der Waals surface area (Å²) < 4.78 is 32.3. The van der Waals surface area contributed by atoms with Crippen molar-refractivity contribution in [3.8, 4) is 0 Å². The predicted octanol–water partition coefficient (Wildman–Crippen LogP) is 1.94. The molecule has 0 saturated heterocycles. The molecule has 0 aliphatic rings. The molecule has 0 aliphatic heterocycles. The van der Waals surface area contributed by atoms with Crippen molar-refractivity contribution in [3.05, 3.63) is 29.3 Å². The van der Waals surface area contributed by atoms with E-state index in [-0.39, 0.29) is 4.90 Å². The Morgan fingerprint density at radius 3 is 2.57 bits per heavy atom. The molecule has 1 rings (SSSR count). The fourth-order valence-corrected chi connectivity index (χ4v) is 3.04. The topological polar surface area (TPSA) is 81.4 Å². The smallest absolute Gasteiger partial charge is 0.240 e. The van der Waals surface area contributed by atoms with Crippen LogP contribution in [0.15, 0.2) is 23.1 Å². The molecule has 21 heavy (non-hydrogen) atoms. The monoisotopic (exact) mass is 314 g/mol. The highest BCUT2D eigenvalue weighted by Crippen LogP contribution is 2.15. The van der Waals surface area contributed by atoms with Crippen LogP contribution in [0.3, 0.4) is 0 Å². The highest BCUT2D eigenvalue weighted by molar-refractivity contribution is 7.89. The molecular formula is C15H26N2O3S. The molecule has 0 saturated carbocycles. The van der Waals surface area contributed by atoms with Crippen LogP contribution in [0.5, 0.6) is 0 Å². The van der Waals surface area contributed by atoms with Crippen LogP contribution >= 0.6 is 0 Å². The SMILES string of the molecule is CCCCOCCCNS(=O)(=O)c1ccc(CN)c(C)c1. The summed E-state index contributed by atoms with van der Waals surface area (Å²) in [4.78, 5) is 0.282. The summed E-state index contributed by atoms with van der Waals surface area (Å²) in [7, 11) is -3.45. The molecule has 0 amide bonds. The number of rotatable bonds is 10. The Hall–Kier alpha value is -0.950. The number of nitrogens with two attached hydrogens (primary N) is 1. The number of benzene rings is 1. The lowest BCUT2D eigenvalue weighted by atomic mass is 10.1. The van der Waals surface area contributed by atoms with Crippen molar-refractivity contribution < 1.29 is 13.2 Å². The van der Waals surface area contributed by atoms with Gasteiger partial charge < -0.3 is 10.5 Å². The van der Waals surface area contributed by atoms with E-state index in [9.17, 15) is 8.42 Å². The minimum absolute atomic E-state index is 0.282. The highest BCUT2D eigenvalue weighted by Gasteiger charge is 2.14. The van der Waals surface area contributed by atoms with Gasteiger partial charge in [0.1, 0.15) is 0 Å². The molecule has 0 fully saturated rings. The maximum Gasteiger partial charge on any atom is 0.240 e. The molecule has 1 aromatic rings. The van der Waals surface area contributed by atoms with Crippen LogP contribution in [-0.4, -0.2) is 28.2 Å². The summed E-state index contributed by atoms with van der Waals surface area (Å²) in [6.07, 6.45) is 2.81. The Balaban J connectivity index is 2.45. The van der Waals surface area contributed by atoms with Crippen LogP contribution in [-0.2, 0) is 21.3 Å². The van der Waals surface area contributed by atoms with E-state index in [1.807, 2.05) is 6.92 Å². The van der Waals surface area contributed by atoms with Crippen molar-refractivity contribution in [2.75, 3.05) is 19.8 Å². The van der Waals surface area contributed by atoms with Crippen LogP contribution in [0, 0.1) is 6.92 Å². The van der Waals surface area contributed by atoms with E-state index >= 15 is 0 Å². The van der Waals surface area contributed by atoms with E-state index in [4.69, 9.17) is 10.5 Å². The quantitative estimate of drug-likeness (QED) is 0.647. The Morgan fingerprint density at radius 1 is 1.24 bits per heavy atom. The lowest BCUT2D eigenvalue weighted by Crippen LogP contribution is -2.25. The number of hydrogen-bond acceptors (Lipinski definition) is 4. The van der Waals surface area contributed by atoms with Gasteiger partial charge in [0.25, 0.3) is 0 Å². The normalized spacial score (nSPS) is 11.8. The number of ether oxygens (including phenoxy) is 1. The number of nitrogens with one attached hydrogen (secondary N) is 1. The van der Waals surface area contributed by atoms with Gasteiger partial charge in [0.2, 0.25) is 10.0 Å². The van der Waals surface area contributed by atoms with E-state index in [0.29, 0.717) is 26.1 Å². The lowest BCUT2D eigenvalue weighted by Gasteiger charge is -2.09. The molecule has 120 valence electrons. The van der Waals surface area contributed by atoms with E-state index in [0.717, 1.165) is 30.6 Å². The summed E-state index contributed by atoms with van der Waals surface area (Å²) in [5.41, 5.74) is 7.43. The molecule has 0 atom stereocenters. The fraction of sp³-hybridized carbons (Fsp3) is 0.600. The predicted molar refractivity (Wildman–Crippen MR) is 84.6 cm³/mol. The molecule has 0 radical (unpaired) electrons. The summed E-state index contributed by atoms with van der Waals surface area (Å²) in [5.74, 6) is 0. The van der Waals surface area contributed by atoms with Gasteiger partial charge in [0, 0.05) is 26.3 Å². The molecule has 0 spiro atoms. The first-order valence-electron chi connectivity index (χ1n) is 7.38. The highest BCUT2D eigenvalue weighted by atomic mass is 32.2. The summed E-state index contributed by atoms with van der Waals surface area (Å²) in [6.45, 7) is 6.08. The van der Waals surface area contributed by atoms with E-state index < -0.39 is 10.0 Å². The van der Waals surface area contributed by atoms with Gasteiger partial charge in [-0.25, -0.2) is 13.1 Å². The van der Waals surface area contributed by atoms with Crippen LogP contribution in [0.25, 0.3) is 0 Å². The molecule has 5 nitrogen and oxygen atoms in total. The second kappa shape index (κ2) is 9.15. The summed E-state index contributed by atoms with van der Waals surface area (Å²) >= 11 is 0. The standard InChI is InChI=1S/C15H26N2O3S/c1-3-4-9-20-10-5-8-17-21(18,19)15-7-6-14(12-16)13(2)11-15/h6-7,11,17H,3-5,8-10,12,16H2,1-2H3. The van der Waals surface area contributed by atoms with Gasteiger partial charge in [-0.1, -0.05) is 19.4 Å². The molecular weight excluding hydrogens is 288 g/mol. The number of aryl methyl sites for hydroxylation is 1. The zero-order valence-electron chi connectivity index (χ0n) is 12.9.